The van der Waals surface area contributed by atoms with Gasteiger partial charge >= 0.3 is 0 Å². The van der Waals surface area contributed by atoms with E-state index in [-0.39, 0.29) is 20.7 Å². The van der Waals surface area contributed by atoms with Gasteiger partial charge in [0.05, 0.1) is 4.88 Å². The van der Waals surface area contributed by atoms with E-state index in [9.17, 15) is 8.42 Å². The van der Waals surface area contributed by atoms with E-state index in [1.54, 1.807) is 12.1 Å². The molecule has 4 nitrogen and oxygen atoms in total. The third kappa shape index (κ3) is 3.78. The highest BCUT2D eigenvalue weighted by Crippen LogP contribution is 2.35. The van der Waals surface area contributed by atoms with Gasteiger partial charge in [-0.25, -0.2) is 13.1 Å². The molecule has 1 aromatic rings. The van der Waals surface area contributed by atoms with E-state index in [0.717, 1.165) is 37.0 Å². The van der Waals surface area contributed by atoms with E-state index in [2.05, 4.69) is 18.6 Å². The number of hydrogen-bond donors (Lipinski definition) is 2. The molecule has 0 aromatic carbocycles. The standard InChI is InChI=1S/C13H20N2O2S3/c1-13(2)7-3-4-9(8-13)15-20(16,17)11-6-5-10(19-11)12(14)18/h5-6,9,15H,3-4,7-8H2,1-2H3,(H2,14,18). The molecule has 0 radical (unpaired) electrons. The summed E-state index contributed by atoms with van der Waals surface area (Å²) in [7, 11) is -3.47. The molecule has 1 atom stereocenters. The van der Waals surface area contributed by atoms with Gasteiger partial charge in [0.25, 0.3) is 0 Å². The summed E-state index contributed by atoms with van der Waals surface area (Å²) in [6.07, 6.45) is 3.98. The molecule has 7 heteroatoms. The summed E-state index contributed by atoms with van der Waals surface area (Å²) in [5, 5.41) is 0. The Morgan fingerprint density at radius 1 is 1.50 bits per heavy atom. The van der Waals surface area contributed by atoms with Crippen LogP contribution in [0.4, 0.5) is 0 Å². The van der Waals surface area contributed by atoms with Crippen LogP contribution < -0.4 is 10.5 Å². The quantitative estimate of drug-likeness (QED) is 0.832. The fourth-order valence-corrected chi connectivity index (χ4v) is 5.31. The molecule has 1 aromatic heterocycles. The van der Waals surface area contributed by atoms with Crippen LogP contribution in [0.2, 0.25) is 0 Å². The van der Waals surface area contributed by atoms with Gasteiger partial charge < -0.3 is 5.73 Å². The Labute approximate surface area is 129 Å². The highest BCUT2D eigenvalue weighted by Gasteiger charge is 2.31. The Balaban J connectivity index is 2.12. The molecule has 3 N–H and O–H groups in total. The molecule has 1 aliphatic rings. The van der Waals surface area contributed by atoms with E-state index in [1.165, 1.54) is 0 Å². The summed E-state index contributed by atoms with van der Waals surface area (Å²) in [4.78, 5) is 0.861. The summed E-state index contributed by atoms with van der Waals surface area (Å²) < 4.78 is 27.8. The van der Waals surface area contributed by atoms with Crippen LogP contribution in [0.3, 0.4) is 0 Å². The Morgan fingerprint density at radius 2 is 2.20 bits per heavy atom. The number of nitrogens with one attached hydrogen (secondary N) is 1. The lowest BCUT2D eigenvalue weighted by atomic mass is 9.75. The molecule has 1 heterocycles. The number of rotatable bonds is 4. The average molecular weight is 333 g/mol. The Kier molecular flexibility index (Phi) is 4.53. The lowest BCUT2D eigenvalue weighted by molar-refractivity contribution is 0.212. The predicted octanol–water partition coefficient (Wildman–Crippen LogP) is 2.63. The maximum atomic E-state index is 12.4. The zero-order valence-electron chi connectivity index (χ0n) is 11.7. The smallest absolute Gasteiger partial charge is 0.250 e. The van der Waals surface area contributed by atoms with Crippen LogP contribution in [0.1, 0.15) is 44.4 Å². The van der Waals surface area contributed by atoms with E-state index in [4.69, 9.17) is 18.0 Å². The zero-order chi connectivity index (χ0) is 15.0. The third-order valence-corrected chi connectivity index (χ3v) is 7.10. The fourth-order valence-electron chi connectivity index (χ4n) is 2.67. The molecule has 0 amide bonds. The van der Waals surface area contributed by atoms with E-state index in [1.807, 2.05) is 0 Å². The maximum absolute atomic E-state index is 12.4. The van der Waals surface area contributed by atoms with Crippen LogP contribution in [0.15, 0.2) is 16.3 Å². The number of thiophene rings is 1. The van der Waals surface area contributed by atoms with Crippen molar-refractivity contribution in [1.29, 1.82) is 0 Å². The molecule has 0 spiro atoms. The van der Waals surface area contributed by atoms with Crippen molar-refractivity contribution in [2.45, 2.75) is 49.8 Å². The molecule has 0 bridgehead atoms. The molecular weight excluding hydrogens is 312 g/mol. The Morgan fingerprint density at radius 3 is 2.75 bits per heavy atom. The number of hydrogen-bond acceptors (Lipinski definition) is 4. The Hall–Kier alpha value is -0.500. The Bertz CT molecular complexity index is 605. The topological polar surface area (TPSA) is 72.2 Å². The highest BCUT2D eigenvalue weighted by molar-refractivity contribution is 7.91. The second-order valence-corrected chi connectivity index (χ2v) is 9.53. The van der Waals surface area contributed by atoms with Crippen LogP contribution in [0.5, 0.6) is 0 Å². The minimum absolute atomic E-state index is 0.0131. The molecule has 0 aliphatic heterocycles. The van der Waals surface area contributed by atoms with Crippen molar-refractivity contribution in [1.82, 2.24) is 4.72 Å². The first-order valence-corrected chi connectivity index (χ1v) is 9.32. The summed E-state index contributed by atoms with van der Waals surface area (Å²) in [5.41, 5.74) is 5.72. The molecule has 1 unspecified atom stereocenters. The second-order valence-electron chi connectivity index (χ2n) is 6.06. The summed E-state index contributed by atoms with van der Waals surface area (Å²) >= 11 is 5.98. The monoisotopic (exact) mass is 332 g/mol. The first-order valence-electron chi connectivity index (χ1n) is 6.62. The van der Waals surface area contributed by atoms with Gasteiger partial charge in [-0.1, -0.05) is 32.5 Å². The summed E-state index contributed by atoms with van der Waals surface area (Å²) in [6, 6.07) is 3.24. The van der Waals surface area contributed by atoms with Crippen molar-refractivity contribution >= 4 is 38.6 Å². The molecule has 112 valence electrons. The van der Waals surface area contributed by atoms with Gasteiger partial charge in [-0.05, 0) is 36.8 Å². The lowest BCUT2D eigenvalue weighted by Crippen LogP contribution is -2.40. The second kappa shape index (κ2) is 5.71. The molecule has 2 rings (SSSR count). The summed E-state index contributed by atoms with van der Waals surface area (Å²) in [5.74, 6) is 0. The van der Waals surface area contributed by atoms with Crippen molar-refractivity contribution in [3.63, 3.8) is 0 Å². The minimum Gasteiger partial charge on any atom is -0.389 e. The predicted molar refractivity (Wildman–Crippen MR) is 86.6 cm³/mol. The van der Waals surface area contributed by atoms with Gasteiger partial charge in [-0.2, -0.15) is 0 Å². The molecule has 1 aliphatic carbocycles. The first-order chi connectivity index (χ1) is 9.20. The van der Waals surface area contributed by atoms with E-state index < -0.39 is 10.0 Å². The molecule has 1 saturated carbocycles. The number of sulfonamides is 1. The van der Waals surface area contributed by atoms with E-state index >= 15 is 0 Å². The summed E-state index contributed by atoms with van der Waals surface area (Å²) in [6.45, 7) is 4.37. The van der Waals surface area contributed by atoms with Gasteiger partial charge in [0.1, 0.15) is 9.20 Å². The minimum atomic E-state index is -3.47. The van der Waals surface area contributed by atoms with E-state index in [0.29, 0.717) is 4.88 Å². The largest absolute Gasteiger partial charge is 0.389 e. The molecule has 0 saturated heterocycles. The molecule has 1 fully saturated rings. The van der Waals surface area contributed by atoms with Crippen LogP contribution >= 0.6 is 23.6 Å². The highest BCUT2D eigenvalue weighted by atomic mass is 32.2. The average Bonchev–Trinajstić information content (AvgIpc) is 2.76. The van der Waals surface area contributed by atoms with Crippen molar-refractivity contribution in [3.05, 3.63) is 17.0 Å². The van der Waals surface area contributed by atoms with Crippen molar-refractivity contribution < 1.29 is 8.42 Å². The normalized spacial score (nSPS) is 22.6. The number of nitrogens with two attached hydrogens (primary N) is 1. The zero-order valence-corrected chi connectivity index (χ0v) is 14.1. The first kappa shape index (κ1) is 15.9. The maximum Gasteiger partial charge on any atom is 0.250 e. The van der Waals surface area contributed by atoms with Gasteiger partial charge in [0.15, 0.2) is 0 Å². The number of thiocarbonyl (C=S) groups is 1. The van der Waals surface area contributed by atoms with Crippen molar-refractivity contribution in [2.75, 3.05) is 0 Å². The van der Waals surface area contributed by atoms with Crippen LogP contribution in [0.25, 0.3) is 0 Å². The third-order valence-electron chi connectivity index (χ3n) is 3.62. The van der Waals surface area contributed by atoms with Gasteiger partial charge in [-0.3, -0.25) is 0 Å². The van der Waals surface area contributed by atoms with Crippen LogP contribution in [-0.4, -0.2) is 19.4 Å². The van der Waals surface area contributed by atoms with Crippen molar-refractivity contribution in [2.24, 2.45) is 11.1 Å². The van der Waals surface area contributed by atoms with Gasteiger partial charge in [-0.15, -0.1) is 11.3 Å². The SMILES string of the molecule is CC1(C)CCCC(NS(=O)(=O)c2ccc(C(N)=S)s2)C1. The van der Waals surface area contributed by atoms with Gasteiger partial charge in [0, 0.05) is 6.04 Å². The van der Waals surface area contributed by atoms with Gasteiger partial charge in [0.2, 0.25) is 10.0 Å². The van der Waals surface area contributed by atoms with Crippen molar-refractivity contribution in [3.8, 4) is 0 Å². The van der Waals surface area contributed by atoms with Crippen LogP contribution in [0, 0.1) is 5.41 Å². The van der Waals surface area contributed by atoms with Crippen LogP contribution in [-0.2, 0) is 10.0 Å². The molecular formula is C13H20N2O2S3. The molecule has 20 heavy (non-hydrogen) atoms. The fraction of sp³-hybridized carbons (Fsp3) is 0.615. The lowest BCUT2D eigenvalue weighted by Gasteiger charge is -2.35.